The Morgan fingerprint density at radius 1 is 1.19 bits per heavy atom. The second kappa shape index (κ2) is 3.71. The first-order valence-electron chi connectivity index (χ1n) is 7.00. The Morgan fingerprint density at radius 3 is 2.44 bits per heavy atom. The van der Waals surface area contributed by atoms with Crippen molar-refractivity contribution in [2.75, 3.05) is 0 Å². The summed E-state index contributed by atoms with van der Waals surface area (Å²) >= 11 is 0. The third-order valence-electron chi connectivity index (χ3n) is 5.27. The molecule has 0 aromatic rings. The lowest BCUT2D eigenvalue weighted by molar-refractivity contribution is -0.0543. The Balaban J connectivity index is 1.58. The zero-order valence-corrected chi connectivity index (χ0v) is 10.4. The summed E-state index contributed by atoms with van der Waals surface area (Å²) in [7, 11) is 0. The monoisotopic (exact) mass is 224 g/mol. The van der Waals surface area contributed by atoms with Gasteiger partial charge in [-0.3, -0.25) is 0 Å². The highest BCUT2D eigenvalue weighted by Crippen LogP contribution is 2.55. The number of hydrogen-bond donors (Lipinski definition) is 1. The molecule has 2 heteroatoms. The maximum Gasteiger partial charge on any atom is 0.0687 e. The van der Waals surface area contributed by atoms with Crippen LogP contribution < -0.4 is 0 Å². The smallest absolute Gasteiger partial charge is 0.0687 e. The van der Waals surface area contributed by atoms with Crippen molar-refractivity contribution in [2.45, 2.75) is 82.5 Å². The van der Waals surface area contributed by atoms with Crippen molar-refractivity contribution in [1.82, 2.24) is 0 Å². The molecule has 2 nitrogen and oxygen atoms in total. The maximum atomic E-state index is 9.80. The molecule has 3 aliphatic rings. The van der Waals surface area contributed by atoms with Gasteiger partial charge in [0.1, 0.15) is 0 Å². The van der Waals surface area contributed by atoms with E-state index in [1.165, 1.54) is 51.4 Å². The average Bonchev–Trinajstić information content (AvgIpc) is 2.72. The van der Waals surface area contributed by atoms with Crippen molar-refractivity contribution in [1.29, 1.82) is 0 Å². The average molecular weight is 224 g/mol. The van der Waals surface area contributed by atoms with Crippen molar-refractivity contribution in [3.8, 4) is 0 Å². The maximum absolute atomic E-state index is 9.80. The van der Waals surface area contributed by atoms with Crippen LogP contribution in [0.15, 0.2) is 0 Å². The summed E-state index contributed by atoms with van der Waals surface area (Å²) in [5.41, 5.74) is 0.494. The van der Waals surface area contributed by atoms with E-state index in [4.69, 9.17) is 4.74 Å². The Morgan fingerprint density at radius 2 is 1.88 bits per heavy atom. The molecule has 0 aromatic heterocycles. The fourth-order valence-corrected chi connectivity index (χ4v) is 3.83. The van der Waals surface area contributed by atoms with Crippen LogP contribution in [0, 0.1) is 5.41 Å². The van der Waals surface area contributed by atoms with Gasteiger partial charge in [-0.05, 0) is 57.3 Å². The van der Waals surface area contributed by atoms with E-state index in [2.05, 4.69) is 0 Å². The SMILES string of the molecule is CC(O)C1(CC2CCC3(CCCC3)O2)CC1. The number of ether oxygens (including phenoxy) is 1. The summed E-state index contributed by atoms with van der Waals surface area (Å²) in [6.45, 7) is 1.95. The van der Waals surface area contributed by atoms with Gasteiger partial charge in [0.05, 0.1) is 17.8 Å². The van der Waals surface area contributed by atoms with Gasteiger partial charge in [-0.25, -0.2) is 0 Å². The molecule has 3 fully saturated rings. The van der Waals surface area contributed by atoms with Crippen molar-refractivity contribution in [2.24, 2.45) is 5.41 Å². The predicted molar refractivity (Wildman–Crippen MR) is 63.3 cm³/mol. The minimum absolute atomic E-state index is 0.142. The minimum atomic E-state index is -0.142. The topological polar surface area (TPSA) is 29.5 Å². The van der Waals surface area contributed by atoms with E-state index in [9.17, 15) is 5.11 Å². The van der Waals surface area contributed by atoms with Gasteiger partial charge >= 0.3 is 0 Å². The Bertz CT molecular complexity index is 262. The van der Waals surface area contributed by atoms with Gasteiger partial charge in [-0.1, -0.05) is 12.8 Å². The summed E-state index contributed by atoms with van der Waals surface area (Å²) in [4.78, 5) is 0. The van der Waals surface area contributed by atoms with Crippen LogP contribution in [0.3, 0.4) is 0 Å². The molecule has 1 saturated heterocycles. The minimum Gasteiger partial charge on any atom is -0.393 e. The van der Waals surface area contributed by atoms with Gasteiger partial charge in [0, 0.05) is 0 Å². The molecule has 0 bridgehead atoms. The quantitative estimate of drug-likeness (QED) is 0.798. The molecule has 0 radical (unpaired) electrons. The lowest BCUT2D eigenvalue weighted by atomic mass is 9.91. The van der Waals surface area contributed by atoms with Gasteiger partial charge in [0.15, 0.2) is 0 Å². The van der Waals surface area contributed by atoms with Crippen molar-refractivity contribution in [3.63, 3.8) is 0 Å². The molecule has 3 rings (SSSR count). The number of hydrogen-bond acceptors (Lipinski definition) is 2. The molecular formula is C14H24O2. The molecule has 0 aromatic carbocycles. The highest BCUT2D eigenvalue weighted by Gasteiger charge is 2.51. The molecule has 2 saturated carbocycles. The Hall–Kier alpha value is -0.0800. The Labute approximate surface area is 98.4 Å². The van der Waals surface area contributed by atoms with Crippen LogP contribution in [-0.2, 0) is 4.74 Å². The molecule has 2 unspecified atom stereocenters. The molecule has 1 aliphatic heterocycles. The number of aliphatic hydroxyl groups is 1. The van der Waals surface area contributed by atoms with Gasteiger partial charge in [0.2, 0.25) is 0 Å². The van der Waals surface area contributed by atoms with Crippen LogP contribution in [0.5, 0.6) is 0 Å². The number of aliphatic hydroxyl groups excluding tert-OH is 1. The molecule has 16 heavy (non-hydrogen) atoms. The molecule has 1 heterocycles. The molecule has 1 spiro atoms. The third-order valence-corrected chi connectivity index (χ3v) is 5.27. The molecular weight excluding hydrogens is 200 g/mol. The number of rotatable bonds is 3. The summed E-state index contributed by atoms with van der Waals surface area (Å²) < 4.78 is 6.32. The van der Waals surface area contributed by atoms with Gasteiger partial charge < -0.3 is 9.84 Å². The molecule has 92 valence electrons. The second-order valence-corrected chi connectivity index (χ2v) is 6.41. The van der Waals surface area contributed by atoms with E-state index in [1.54, 1.807) is 0 Å². The van der Waals surface area contributed by atoms with Crippen molar-refractivity contribution >= 4 is 0 Å². The van der Waals surface area contributed by atoms with Crippen LogP contribution in [0.25, 0.3) is 0 Å². The first-order chi connectivity index (χ1) is 7.64. The van der Waals surface area contributed by atoms with E-state index in [0.29, 0.717) is 6.10 Å². The fraction of sp³-hybridized carbons (Fsp3) is 1.00. The van der Waals surface area contributed by atoms with E-state index in [0.717, 1.165) is 6.42 Å². The molecule has 2 aliphatic carbocycles. The first kappa shape index (κ1) is 11.0. The third kappa shape index (κ3) is 1.80. The van der Waals surface area contributed by atoms with E-state index in [1.807, 2.05) is 6.92 Å². The van der Waals surface area contributed by atoms with Crippen molar-refractivity contribution in [3.05, 3.63) is 0 Å². The van der Waals surface area contributed by atoms with Gasteiger partial charge in [-0.2, -0.15) is 0 Å². The Kier molecular flexibility index (Phi) is 2.56. The highest BCUT2D eigenvalue weighted by molar-refractivity contribution is 5.01. The summed E-state index contributed by atoms with van der Waals surface area (Å²) in [5, 5.41) is 9.80. The summed E-state index contributed by atoms with van der Waals surface area (Å²) in [6, 6.07) is 0. The van der Waals surface area contributed by atoms with E-state index < -0.39 is 0 Å². The van der Waals surface area contributed by atoms with Crippen molar-refractivity contribution < 1.29 is 9.84 Å². The van der Waals surface area contributed by atoms with Gasteiger partial charge in [0.25, 0.3) is 0 Å². The standard InChI is InChI=1S/C14H24O2/c1-11(15)13(8-9-13)10-12-4-7-14(16-12)5-2-3-6-14/h11-12,15H,2-10H2,1H3. The lowest BCUT2D eigenvalue weighted by Gasteiger charge is -2.27. The largest absolute Gasteiger partial charge is 0.393 e. The fourth-order valence-electron chi connectivity index (χ4n) is 3.83. The predicted octanol–water partition coefficient (Wildman–Crippen LogP) is 3.03. The normalized spacial score (nSPS) is 36.8. The van der Waals surface area contributed by atoms with E-state index in [-0.39, 0.29) is 17.1 Å². The van der Waals surface area contributed by atoms with Crippen LogP contribution in [0.1, 0.15) is 64.7 Å². The summed E-state index contributed by atoms with van der Waals surface area (Å²) in [5.74, 6) is 0. The van der Waals surface area contributed by atoms with Crippen LogP contribution in [-0.4, -0.2) is 22.9 Å². The highest BCUT2D eigenvalue weighted by atomic mass is 16.5. The summed E-state index contributed by atoms with van der Waals surface area (Å²) in [6.07, 6.45) is 11.6. The zero-order chi connectivity index (χ0) is 11.2. The van der Waals surface area contributed by atoms with Crippen LogP contribution in [0.2, 0.25) is 0 Å². The van der Waals surface area contributed by atoms with E-state index >= 15 is 0 Å². The van der Waals surface area contributed by atoms with Gasteiger partial charge in [-0.15, -0.1) is 0 Å². The molecule has 2 atom stereocenters. The second-order valence-electron chi connectivity index (χ2n) is 6.41. The lowest BCUT2D eigenvalue weighted by Crippen LogP contribution is -2.28. The van der Waals surface area contributed by atoms with Crippen LogP contribution in [0.4, 0.5) is 0 Å². The van der Waals surface area contributed by atoms with Crippen LogP contribution >= 0.6 is 0 Å². The molecule has 1 N–H and O–H groups in total. The first-order valence-corrected chi connectivity index (χ1v) is 7.00. The molecule has 0 amide bonds. The zero-order valence-electron chi connectivity index (χ0n) is 10.4.